The molecule has 2 aromatic carbocycles. The number of nitrogen functional groups attached to an aromatic ring is 1. The zero-order valence-electron chi connectivity index (χ0n) is 11.0. The van der Waals surface area contributed by atoms with Gasteiger partial charge in [-0.25, -0.2) is 0 Å². The molecule has 0 fully saturated rings. The van der Waals surface area contributed by atoms with E-state index in [1.165, 1.54) is 5.56 Å². The van der Waals surface area contributed by atoms with Crippen LogP contribution in [-0.2, 0) is 6.42 Å². The zero-order valence-corrected chi connectivity index (χ0v) is 11.0. The van der Waals surface area contributed by atoms with Crippen molar-refractivity contribution in [3.05, 3.63) is 54.1 Å². The quantitative estimate of drug-likeness (QED) is 0.786. The molecule has 0 aromatic heterocycles. The maximum absolute atomic E-state index is 5.90. The lowest BCUT2D eigenvalue weighted by molar-refractivity contribution is 0.647. The lowest BCUT2D eigenvalue weighted by Gasteiger charge is -2.10. The first-order chi connectivity index (χ1) is 8.65. The molecule has 2 nitrogen and oxygen atoms in total. The van der Waals surface area contributed by atoms with Crippen molar-refractivity contribution >= 4 is 17.1 Å². The summed E-state index contributed by atoms with van der Waals surface area (Å²) in [6.45, 7) is 4.47. The van der Waals surface area contributed by atoms with Crippen molar-refractivity contribution in [2.75, 3.05) is 11.1 Å². The lowest BCUT2D eigenvalue weighted by atomic mass is 10.0. The van der Waals surface area contributed by atoms with Gasteiger partial charge in [0.1, 0.15) is 0 Å². The van der Waals surface area contributed by atoms with Gasteiger partial charge in [-0.15, -0.1) is 0 Å². The summed E-state index contributed by atoms with van der Waals surface area (Å²) >= 11 is 0. The van der Waals surface area contributed by atoms with Gasteiger partial charge in [0.25, 0.3) is 0 Å². The highest BCUT2D eigenvalue weighted by Gasteiger charge is 2.00. The highest BCUT2D eigenvalue weighted by atomic mass is 14.9. The third kappa shape index (κ3) is 3.27. The van der Waals surface area contributed by atoms with Crippen molar-refractivity contribution in [2.45, 2.75) is 20.3 Å². The lowest BCUT2D eigenvalue weighted by Crippen LogP contribution is -1.97. The van der Waals surface area contributed by atoms with Crippen molar-refractivity contribution in [2.24, 2.45) is 5.92 Å². The Kier molecular flexibility index (Phi) is 3.88. The van der Waals surface area contributed by atoms with Crippen LogP contribution in [-0.4, -0.2) is 0 Å². The number of para-hydroxylation sites is 2. The van der Waals surface area contributed by atoms with Gasteiger partial charge in [0.15, 0.2) is 0 Å². The maximum Gasteiger partial charge on any atom is 0.0617 e. The molecule has 18 heavy (non-hydrogen) atoms. The van der Waals surface area contributed by atoms with Gasteiger partial charge >= 0.3 is 0 Å². The third-order valence-electron chi connectivity index (χ3n) is 2.84. The maximum atomic E-state index is 5.90. The Hall–Kier alpha value is -1.96. The average Bonchev–Trinajstić information content (AvgIpc) is 2.34. The van der Waals surface area contributed by atoms with Crippen LogP contribution in [0, 0.1) is 5.92 Å². The Morgan fingerprint density at radius 2 is 1.67 bits per heavy atom. The second-order valence-corrected chi connectivity index (χ2v) is 5.01. The molecule has 0 bridgehead atoms. The smallest absolute Gasteiger partial charge is 0.0617 e. The molecule has 0 aliphatic carbocycles. The Bertz CT molecular complexity index is 501. The summed E-state index contributed by atoms with van der Waals surface area (Å²) in [4.78, 5) is 0. The van der Waals surface area contributed by atoms with Gasteiger partial charge in [-0.1, -0.05) is 38.1 Å². The number of rotatable bonds is 4. The first-order valence-corrected chi connectivity index (χ1v) is 6.35. The molecular weight excluding hydrogens is 220 g/mol. The first-order valence-electron chi connectivity index (χ1n) is 6.35. The number of hydrogen-bond donors (Lipinski definition) is 2. The summed E-state index contributed by atoms with van der Waals surface area (Å²) in [5.41, 5.74) is 10.1. The number of nitrogens with one attached hydrogen (secondary N) is 1. The normalized spacial score (nSPS) is 10.6. The van der Waals surface area contributed by atoms with Crippen LogP contribution < -0.4 is 11.1 Å². The summed E-state index contributed by atoms with van der Waals surface area (Å²) in [5.74, 6) is 0.688. The molecule has 0 spiro atoms. The van der Waals surface area contributed by atoms with Gasteiger partial charge in [-0.05, 0) is 42.2 Å². The van der Waals surface area contributed by atoms with E-state index in [0.29, 0.717) is 5.92 Å². The standard InChI is InChI=1S/C16H20N2/c1-12(2)11-13-7-9-14(10-8-13)18-16-6-4-3-5-15(16)17/h3-10,12,18H,11,17H2,1-2H3. The summed E-state index contributed by atoms with van der Waals surface area (Å²) < 4.78 is 0. The molecule has 2 rings (SSSR count). The van der Waals surface area contributed by atoms with Crippen LogP contribution in [0.5, 0.6) is 0 Å². The fraction of sp³-hybridized carbons (Fsp3) is 0.250. The van der Waals surface area contributed by atoms with E-state index in [1.807, 2.05) is 24.3 Å². The van der Waals surface area contributed by atoms with Crippen molar-refractivity contribution in [1.82, 2.24) is 0 Å². The fourth-order valence-electron chi connectivity index (χ4n) is 1.96. The second kappa shape index (κ2) is 5.58. The highest BCUT2D eigenvalue weighted by molar-refractivity contribution is 5.72. The van der Waals surface area contributed by atoms with Crippen molar-refractivity contribution in [3.63, 3.8) is 0 Å². The van der Waals surface area contributed by atoms with Gasteiger partial charge in [0.2, 0.25) is 0 Å². The molecule has 0 saturated carbocycles. The van der Waals surface area contributed by atoms with E-state index in [2.05, 4.69) is 43.4 Å². The molecule has 0 saturated heterocycles. The van der Waals surface area contributed by atoms with Gasteiger partial charge in [0, 0.05) is 5.69 Å². The molecule has 0 amide bonds. The molecule has 0 aliphatic heterocycles. The second-order valence-electron chi connectivity index (χ2n) is 5.01. The summed E-state index contributed by atoms with van der Waals surface area (Å²) in [5, 5.41) is 3.33. The average molecular weight is 240 g/mol. The van der Waals surface area contributed by atoms with Crippen LogP contribution in [0.1, 0.15) is 19.4 Å². The molecule has 0 radical (unpaired) electrons. The van der Waals surface area contributed by atoms with Gasteiger partial charge in [-0.3, -0.25) is 0 Å². The molecule has 2 heteroatoms. The number of anilines is 3. The van der Waals surface area contributed by atoms with E-state index < -0.39 is 0 Å². The number of hydrogen-bond acceptors (Lipinski definition) is 2. The van der Waals surface area contributed by atoms with Crippen molar-refractivity contribution in [3.8, 4) is 0 Å². The molecule has 3 N–H and O–H groups in total. The summed E-state index contributed by atoms with van der Waals surface area (Å²) in [6, 6.07) is 16.3. The molecule has 0 atom stereocenters. The van der Waals surface area contributed by atoms with E-state index in [0.717, 1.165) is 23.5 Å². The Balaban J connectivity index is 2.09. The SMILES string of the molecule is CC(C)Cc1ccc(Nc2ccccc2N)cc1. The highest BCUT2D eigenvalue weighted by Crippen LogP contribution is 2.23. The molecule has 0 unspecified atom stereocenters. The van der Waals surface area contributed by atoms with Gasteiger partial charge < -0.3 is 11.1 Å². The molecule has 0 heterocycles. The van der Waals surface area contributed by atoms with E-state index in [4.69, 9.17) is 5.73 Å². The molecule has 2 aromatic rings. The Labute approximate surface area is 109 Å². The van der Waals surface area contributed by atoms with Crippen LogP contribution in [0.3, 0.4) is 0 Å². The minimum Gasteiger partial charge on any atom is -0.397 e. The van der Waals surface area contributed by atoms with Crippen LogP contribution in [0.15, 0.2) is 48.5 Å². The fourth-order valence-corrected chi connectivity index (χ4v) is 1.96. The molecular formula is C16H20N2. The van der Waals surface area contributed by atoms with E-state index in [9.17, 15) is 0 Å². The minimum atomic E-state index is 0.688. The van der Waals surface area contributed by atoms with Crippen molar-refractivity contribution < 1.29 is 0 Å². The van der Waals surface area contributed by atoms with Crippen LogP contribution in [0.25, 0.3) is 0 Å². The first kappa shape index (κ1) is 12.5. The van der Waals surface area contributed by atoms with Crippen LogP contribution >= 0.6 is 0 Å². The van der Waals surface area contributed by atoms with E-state index in [1.54, 1.807) is 0 Å². The van der Waals surface area contributed by atoms with Crippen LogP contribution in [0.4, 0.5) is 17.1 Å². The zero-order chi connectivity index (χ0) is 13.0. The monoisotopic (exact) mass is 240 g/mol. The molecule has 0 aliphatic rings. The minimum absolute atomic E-state index is 0.688. The third-order valence-corrected chi connectivity index (χ3v) is 2.84. The summed E-state index contributed by atoms with van der Waals surface area (Å²) in [7, 11) is 0. The van der Waals surface area contributed by atoms with Gasteiger partial charge in [-0.2, -0.15) is 0 Å². The van der Waals surface area contributed by atoms with Crippen molar-refractivity contribution in [1.29, 1.82) is 0 Å². The Morgan fingerprint density at radius 3 is 2.28 bits per heavy atom. The van der Waals surface area contributed by atoms with E-state index >= 15 is 0 Å². The van der Waals surface area contributed by atoms with Crippen LogP contribution in [0.2, 0.25) is 0 Å². The van der Waals surface area contributed by atoms with Gasteiger partial charge in [0.05, 0.1) is 11.4 Å². The number of nitrogens with two attached hydrogens (primary N) is 1. The predicted molar refractivity (Wildman–Crippen MR) is 79.1 cm³/mol. The van der Waals surface area contributed by atoms with E-state index in [-0.39, 0.29) is 0 Å². The topological polar surface area (TPSA) is 38.0 Å². The molecule has 94 valence electrons. The predicted octanol–water partition coefficient (Wildman–Crippen LogP) is 4.21. The largest absolute Gasteiger partial charge is 0.397 e. The Morgan fingerprint density at radius 1 is 1.00 bits per heavy atom. The number of benzene rings is 2. The summed E-state index contributed by atoms with van der Waals surface area (Å²) in [6.07, 6.45) is 1.12.